The van der Waals surface area contributed by atoms with Gasteiger partial charge in [-0.3, -0.25) is 4.79 Å². The van der Waals surface area contributed by atoms with Crippen LogP contribution < -0.4 is 4.74 Å². The second-order valence-electron chi connectivity index (χ2n) is 5.34. The van der Waals surface area contributed by atoms with Gasteiger partial charge >= 0.3 is 6.36 Å². The number of alkyl halides is 3. The zero-order valence-corrected chi connectivity index (χ0v) is 12.4. The van der Waals surface area contributed by atoms with E-state index in [-0.39, 0.29) is 18.2 Å². The molecular weight excluding hydrogens is 283 g/mol. The number of carbonyl (C=O) groups excluding carboxylic acids is 1. The van der Waals surface area contributed by atoms with Crippen LogP contribution >= 0.6 is 0 Å². The smallest absolute Gasteiger partial charge is 0.405 e. The summed E-state index contributed by atoms with van der Waals surface area (Å²) in [6, 6.07) is 5.85. The molecule has 0 aromatic heterocycles. The van der Waals surface area contributed by atoms with Gasteiger partial charge in [0.25, 0.3) is 0 Å². The summed E-state index contributed by atoms with van der Waals surface area (Å²) < 4.78 is 40.9. The molecule has 21 heavy (non-hydrogen) atoms. The van der Waals surface area contributed by atoms with Gasteiger partial charge in [-0.2, -0.15) is 0 Å². The summed E-state index contributed by atoms with van der Waals surface area (Å²) in [7, 11) is 1.58. The number of benzene rings is 1. The summed E-state index contributed by atoms with van der Waals surface area (Å²) in [4.78, 5) is 13.3. The molecule has 0 radical (unpaired) electrons. The standard InChI is InChI=1S/C15H20F3NO2/c1-11(2)8-9-14(20)19(3)10-12-6-4-5-7-13(12)21-15(16,17)18/h4-7,11H,8-10H2,1-3H3. The predicted molar refractivity (Wildman–Crippen MR) is 73.7 cm³/mol. The van der Waals surface area contributed by atoms with Crippen molar-refractivity contribution in [3.05, 3.63) is 29.8 Å². The van der Waals surface area contributed by atoms with Gasteiger partial charge in [0.05, 0.1) is 0 Å². The van der Waals surface area contributed by atoms with Crippen molar-refractivity contribution in [2.24, 2.45) is 5.92 Å². The van der Waals surface area contributed by atoms with E-state index in [1.807, 2.05) is 13.8 Å². The summed E-state index contributed by atoms with van der Waals surface area (Å²) in [5, 5.41) is 0. The van der Waals surface area contributed by atoms with Crippen LogP contribution in [0.5, 0.6) is 5.75 Å². The summed E-state index contributed by atoms with van der Waals surface area (Å²) in [6.07, 6.45) is -3.60. The Morgan fingerprint density at radius 2 is 1.90 bits per heavy atom. The third-order valence-electron chi connectivity index (χ3n) is 2.97. The van der Waals surface area contributed by atoms with Crippen LogP contribution in [-0.2, 0) is 11.3 Å². The molecule has 0 unspecified atom stereocenters. The maximum atomic E-state index is 12.3. The first-order valence-corrected chi connectivity index (χ1v) is 6.76. The molecule has 118 valence electrons. The van der Waals surface area contributed by atoms with Crippen molar-refractivity contribution in [3.63, 3.8) is 0 Å². The third-order valence-corrected chi connectivity index (χ3v) is 2.97. The van der Waals surface area contributed by atoms with Crippen molar-refractivity contribution in [2.75, 3.05) is 7.05 Å². The Kier molecular flexibility index (Phi) is 6.05. The first-order valence-electron chi connectivity index (χ1n) is 6.76. The van der Waals surface area contributed by atoms with Crippen molar-refractivity contribution in [1.29, 1.82) is 0 Å². The van der Waals surface area contributed by atoms with Crippen molar-refractivity contribution in [2.45, 2.75) is 39.6 Å². The number of hydrogen-bond acceptors (Lipinski definition) is 2. The Morgan fingerprint density at radius 1 is 1.29 bits per heavy atom. The van der Waals surface area contributed by atoms with E-state index >= 15 is 0 Å². The van der Waals surface area contributed by atoms with Gasteiger partial charge < -0.3 is 9.64 Å². The second kappa shape index (κ2) is 7.33. The average molecular weight is 303 g/mol. The molecule has 0 atom stereocenters. The molecule has 0 saturated carbocycles. The van der Waals surface area contributed by atoms with E-state index < -0.39 is 6.36 Å². The molecule has 6 heteroatoms. The van der Waals surface area contributed by atoms with Gasteiger partial charge in [0, 0.05) is 25.6 Å². The SMILES string of the molecule is CC(C)CCC(=O)N(C)Cc1ccccc1OC(F)(F)F. The number of ether oxygens (including phenoxy) is 1. The fourth-order valence-electron chi connectivity index (χ4n) is 1.81. The molecular formula is C15H20F3NO2. The van der Waals surface area contributed by atoms with Gasteiger partial charge in [-0.25, -0.2) is 0 Å². The molecule has 1 amide bonds. The van der Waals surface area contributed by atoms with Crippen LogP contribution in [0.1, 0.15) is 32.3 Å². The Bertz CT molecular complexity index is 472. The highest BCUT2D eigenvalue weighted by Gasteiger charge is 2.32. The number of rotatable bonds is 6. The highest BCUT2D eigenvalue weighted by atomic mass is 19.4. The maximum absolute atomic E-state index is 12.3. The fourth-order valence-corrected chi connectivity index (χ4v) is 1.81. The van der Waals surface area contributed by atoms with Gasteiger partial charge in [0.2, 0.25) is 5.91 Å². The van der Waals surface area contributed by atoms with Gasteiger partial charge in [0.15, 0.2) is 0 Å². The highest BCUT2D eigenvalue weighted by Crippen LogP contribution is 2.27. The molecule has 3 nitrogen and oxygen atoms in total. The quantitative estimate of drug-likeness (QED) is 0.795. The molecule has 1 rings (SSSR count). The lowest BCUT2D eigenvalue weighted by Crippen LogP contribution is -2.27. The molecule has 1 aromatic carbocycles. The molecule has 0 heterocycles. The lowest BCUT2D eigenvalue weighted by atomic mass is 10.1. The van der Waals surface area contributed by atoms with Crippen molar-refractivity contribution < 1.29 is 22.7 Å². The van der Waals surface area contributed by atoms with E-state index in [0.29, 0.717) is 17.9 Å². The highest BCUT2D eigenvalue weighted by molar-refractivity contribution is 5.75. The molecule has 0 aliphatic rings. The first kappa shape index (κ1) is 17.3. The molecule has 0 saturated heterocycles. The maximum Gasteiger partial charge on any atom is 0.573 e. The number of carbonyl (C=O) groups is 1. The lowest BCUT2D eigenvalue weighted by Gasteiger charge is -2.20. The van der Waals surface area contributed by atoms with E-state index in [4.69, 9.17) is 0 Å². The summed E-state index contributed by atoms with van der Waals surface area (Å²) in [5.41, 5.74) is 0.329. The van der Waals surface area contributed by atoms with Crippen LogP contribution in [0.4, 0.5) is 13.2 Å². The number of hydrogen-bond donors (Lipinski definition) is 0. The molecule has 0 bridgehead atoms. The molecule has 0 spiro atoms. The molecule has 0 aliphatic heterocycles. The number of nitrogens with zero attached hydrogens (tertiary/aromatic N) is 1. The zero-order chi connectivity index (χ0) is 16.0. The van der Waals surface area contributed by atoms with E-state index in [9.17, 15) is 18.0 Å². The van der Waals surface area contributed by atoms with Crippen LogP contribution in [0.2, 0.25) is 0 Å². The van der Waals surface area contributed by atoms with Gasteiger partial charge in [-0.15, -0.1) is 13.2 Å². The molecule has 0 N–H and O–H groups in total. The number of halogens is 3. The van der Waals surface area contributed by atoms with Crippen molar-refractivity contribution >= 4 is 5.91 Å². The first-order chi connectivity index (χ1) is 9.69. The Hall–Kier alpha value is -1.72. The van der Waals surface area contributed by atoms with E-state index in [0.717, 1.165) is 6.42 Å². The summed E-state index contributed by atoms with van der Waals surface area (Å²) in [6.45, 7) is 4.11. The van der Waals surface area contributed by atoms with Crippen molar-refractivity contribution in [3.8, 4) is 5.75 Å². The van der Waals surface area contributed by atoms with Crippen LogP contribution in [0.3, 0.4) is 0 Å². The Balaban J connectivity index is 2.71. The van der Waals surface area contributed by atoms with Crippen LogP contribution in [-0.4, -0.2) is 24.2 Å². The largest absolute Gasteiger partial charge is 0.573 e. The van der Waals surface area contributed by atoms with Gasteiger partial charge in [-0.05, 0) is 18.4 Å². The molecule has 0 fully saturated rings. The lowest BCUT2D eigenvalue weighted by molar-refractivity contribution is -0.275. The van der Waals surface area contributed by atoms with E-state index in [1.54, 1.807) is 13.1 Å². The minimum atomic E-state index is -4.74. The summed E-state index contributed by atoms with van der Waals surface area (Å²) >= 11 is 0. The van der Waals surface area contributed by atoms with E-state index in [2.05, 4.69) is 4.74 Å². The minimum absolute atomic E-state index is 0.0865. The summed E-state index contributed by atoms with van der Waals surface area (Å²) in [5.74, 6) is 0.0437. The third kappa shape index (κ3) is 6.51. The molecule has 1 aromatic rings. The monoisotopic (exact) mass is 303 g/mol. The molecule has 0 aliphatic carbocycles. The minimum Gasteiger partial charge on any atom is -0.405 e. The average Bonchev–Trinajstić information content (AvgIpc) is 2.36. The van der Waals surface area contributed by atoms with E-state index in [1.165, 1.54) is 23.1 Å². The topological polar surface area (TPSA) is 29.5 Å². The Morgan fingerprint density at radius 3 is 2.48 bits per heavy atom. The fraction of sp³-hybridized carbons (Fsp3) is 0.533. The Labute approximate surface area is 122 Å². The van der Waals surface area contributed by atoms with Crippen molar-refractivity contribution in [1.82, 2.24) is 4.90 Å². The van der Waals surface area contributed by atoms with Crippen LogP contribution in [0, 0.1) is 5.92 Å². The van der Waals surface area contributed by atoms with Gasteiger partial charge in [-0.1, -0.05) is 32.0 Å². The number of amides is 1. The van der Waals surface area contributed by atoms with Crippen LogP contribution in [0.25, 0.3) is 0 Å². The van der Waals surface area contributed by atoms with Crippen LogP contribution in [0.15, 0.2) is 24.3 Å². The zero-order valence-electron chi connectivity index (χ0n) is 12.4. The number of para-hydroxylation sites is 1. The van der Waals surface area contributed by atoms with Gasteiger partial charge in [0.1, 0.15) is 5.75 Å². The normalized spacial score (nSPS) is 11.6. The second-order valence-corrected chi connectivity index (χ2v) is 5.34. The predicted octanol–water partition coefficient (Wildman–Crippen LogP) is 3.98.